The molecule has 0 aromatic heterocycles. The van der Waals surface area contributed by atoms with Crippen molar-refractivity contribution in [1.82, 2.24) is 0 Å². The Morgan fingerprint density at radius 3 is 2.64 bits per heavy atom. The summed E-state index contributed by atoms with van der Waals surface area (Å²) in [5, 5.41) is 0. The average molecular weight is 236 g/mol. The molecule has 80 valence electrons. The minimum Gasteiger partial charge on any atom is -0.464 e. The van der Waals surface area contributed by atoms with Crippen LogP contribution in [0, 0.1) is 0 Å². The third kappa shape index (κ3) is 4.23. The second-order valence-electron chi connectivity index (χ2n) is 2.74. The molecule has 0 N–H and O–H groups in total. The van der Waals surface area contributed by atoms with E-state index in [9.17, 15) is 9.59 Å². The van der Waals surface area contributed by atoms with Crippen LogP contribution in [0.15, 0.2) is 0 Å². The maximum absolute atomic E-state index is 10.6. The molecule has 1 heterocycles. The Labute approximate surface area is 91.1 Å². The van der Waals surface area contributed by atoms with E-state index in [2.05, 4.69) is 0 Å². The van der Waals surface area contributed by atoms with E-state index >= 15 is 0 Å². The lowest BCUT2D eigenvalue weighted by Gasteiger charge is -2.09. The molecule has 0 amide bonds. The monoisotopic (exact) mass is 236 g/mol. The first-order valence-corrected chi connectivity index (χ1v) is 6.14. The van der Waals surface area contributed by atoms with Crippen LogP contribution in [0.1, 0.15) is 13.8 Å². The number of rotatable bonds is 3. The summed E-state index contributed by atoms with van der Waals surface area (Å²) >= 11 is 3.17. The third-order valence-corrected chi connectivity index (χ3v) is 4.40. The van der Waals surface area contributed by atoms with Crippen molar-refractivity contribution in [3.8, 4) is 0 Å². The highest BCUT2D eigenvalue weighted by Gasteiger charge is 2.28. The van der Waals surface area contributed by atoms with E-state index in [1.165, 1.54) is 25.6 Å². The van der Waals surface area contributed by atoms with Crippen LogP contribution >= 0.6 is 23.5 Å². The molecule has 1 saturated heterocycles. The highest BCUT2D eigenvalue weighted by Crippen LogP contribution is 2.38. The van der Waals surface area contributed by atoms with E-state index in [1.54, 1.807) is 11.8 Å². The van der Waals surface area contributed by atoms with Gasteiger partial charge in [0.15, 0.2) is 5.44 Å². The Balaban J connectivity index is 2.20. The van der Waals surface area contributed by atoms with Gasteiger partial charge in [-0.25, -0.2) is 0 Å². The molecule has 1 fully saturated rings. The summed E-state index contributed by atoms with van der Waals surface area (Å²) in [6.45, 7) is 3.15. The van der Waals surface area contributed by atoms with Gasteiger partial charge in [-0.2, -0.15) is 0 Å². The Kier molecular flexibility index (Phi) is 4.60. The first-order chi connectivity index (χ1) is 6.58. The van der Waals surface area contributed by atoms with E-state index < -0.39 is 0 Å². The van der Waals surface area contributed by atoms with Gasteiger partial charge < -0.3 is 9.47 Å². The molecule has 14 heavy (non-hydrogen) atoms. The second kappa shape index (κ2) is 5.50. The Morgan fingerprint density at radius 1 is 1.36 bits per heavy atom. The molecule has 1 aliphatic rings. The van der Waals surface area contributed by atoms with Crippen LogP contribution in [0.2, 0.25) is 0 Å². The average Bonchev–Trinajstić information content (AvgIpc) is 2.47. The zero-order valence-corrected chi connectivity index (χ0v) is 9.65. The molecule has 0 aromatic rings. The molecule has 0 bridgehead atoms. The quantitative estimate of drug-likeness (QED) is 0.687. The Bertz CT molecular complexity index is 231. The lowest BCUT2D eigenvalue weighted by molar-refractivity contribution is -0.142. The van der Waals surface area contributed by atoms with Crippen LogP contribution in [0.3, 0.4) is 0 Å². The van der Waals surface area contributed by atoms with Gasteiger partial charge in [0.05, 0.1) is 4.58 Å². The minimum atomic E-state index is -0.276. The van der Waals surface area contributed by atoms with Crippen LogP contribution in [0.4, 0.5) is 0 Å². The highest BCUT2D eigenvalue weighted by molar-refractivity contribution is 8.20. The van der Waals surface area contributed by atoms with Crippen molar-refractivity contribution in [2.45, 2.75) is 23.9 Å². The minimum absolute atomic E-state index is 0.0990. The zero-order valence-electron chi connectivity index (χ0n) is 8.02. The summed E-state index contributed by atoms with van der Waals surface area (Å²) in [6, 6.07) is 0. The summed E-state index contributed by atoms with van der Waals surface area (Å²) in [5.41, 5.74) is -0.0990. The van der Waals surface area contributed by atoms with Crippen molar-refractivity contribution >= 4 is 35.5 Å². The van der Waals surface area contributed by atoms with Crippen LogP contribution in [-0.2, 0) is 19.1 Å². The largest absolute Gasteiger partial charge is 0.464 e. The number of esters is 2. The van der Waals surface area contributed by atoms with Crippen molar-refractivity contribution in [3.63, 3.8) is 0 Å². The standard InChI is InChI=1S/C8H12O4S2/c1-5(9)11-3-8-13-4-7(14-8)12-6(2)10/h7-8H,3-4H2,1-2H3. The lowest BCUT2D eigenvalue weighted by Crippen LogP contribution is -2.13. The maximum Gasteiger partial charge on any atom is 0.303 e. The van der Waals surface area contributed by atoms with Crippen molar-refractivity contribution in [2.75, 3.05) is 12.4 Å². The van der Waals surface area contributed by atoms with E-state index in [0.29, 0.717) is 6.61 Å². The number of carbonyl (C=O) groups is 2. The first kappa shape index (κ1) is 11.7. The molecule has 0 spiro atoms. The molecule has 6 heteroatoms. The zero-order chi connectivity index (χ0) is 10.6. The number of hydrogen-bond donors (Lipinski definition) is 0. The van der Waals surface area contributed by atoms with Gasteiger partial charge in [0.1, 0.15) is 6.61 Å². The highest BCUT2D eigenvalue weighted by atomic mass is 32.2. The summed E-state index contributed by atoms with van der Waals surface area (Å²) < 4.78 is 10.1. The van der Waals surface area contributed by atoms with Crippen molar-refractivity contribution in [2.24, 2.45) is 0 Å². The van der Waals surface area contributed by atoms with Gasteiger partial charge >= 0.3 is 11.9 Å². The van der Waals surface area contributed by atoms with Gasteiger partial charge in [-0.15, -0.1) is 11.8 Å². The third-order valence-electron chi connectivity index (χ3n) is 1.44. The molecule has 0 saturated carbocycles. The molecule has 1 aliphatic heterocycles. The maximum atomic E-state index is 10.6. The normalized spacial score (nSPS) is 25.9. The van der Waals surface area contributed by atoms with Gasteiger partial charge in [0.25, 0.3) is 0 Å². The SMILES string of the molecule is CC(=O)OCC1SCC(OC(C)=O)S1. The lowest BCUT2D eigenvalue weighted by atomic mass is 10.7. The smallest absolute Gasteiger partial charge is 0.303 e. The fraction of sp³-hybridized carbons (Fsp3) is 0.750. The van der Waals surface area contributed by atoms with Crippen molar-refractivity contribution < 1.29 is 19.1 Å². The van der Waals surface area contributed by atoms with Crippen LogP contribution in [0.25, 0.3) is 0 Å². The number of ether oxygens (including phenoxy) is 2. The van der Waals surface area contributed by atoms with Crippen LogP contribution < -0.4 is 0 Å². The van der Waals surface area contributed by atoms with Crippen LogP contribution in [-0.4, -0.2) is 34.3 Å². The predicted molar refractivity (Wildman–Crippen MR) is 56.0 cm³/mol. The van der Waals surface area contributed by atoms with Gasteiger partial charge in [-0.1, -0.05) is 11.8 Å². The van der Waals surface area contributed by atoms with Crippen molar-refractivity contribution in [3.05, 3.63) is 0 Å². The summed E-state index contributed by atoms with van der Waals surface area (Å²) in [4.78, 5) is 21.2. The molecule has 0 radical (unpaired) electrons. The van der Waals surface area contributed by atoms with E-state index in [-0.39, 0.29) is 22.0 Å². The van der Waals surface area contributed by atoms with E-state index in [1.807, 2.05) is 0 Å². The molecule has 0 aliphatic carbocycles. The topological polar surface area (TPSA) is 52.6 Å². The van der Waals surface area contributed by atoms with Gasteiger partial charge in [0.2, 0.25) is 0 Å². The summed E-state index contributed by atoms with van der Waals surface area (Å²) in [5.74, 6) is 0.217. The second-order valence-corrected chi connectivity index (χ2v) is 5.64. The molecule has 0 aromatic carbocycles. The predicted octanol–water partition coefficient (Wildman–Crippen LogP) is 1.24. The van der Waals surface area contributed by atoms with Crippen LogP contribution in [0.5, 0.6) is 0 Å². The number of thioether (sulfide) groups is 2. The Morgan fingerprint density at radius 2 is 2.07 bits per heavy atom. The molecule has 2 unspecified atom stereocenters. The van der Waals surface area contributed by atoms with Gasteiger partial charge in [-0.3, -0.25) is 9.59 Å². The molecule has 4 nitrogen and oxygen atoms in total. The molecule has 1 rings (SSSR count). The summed E-state index contributed by atoms with van der Waals surface area (Å²) in [6.07, 6.45) is 0. The van der Waals surface area contributed by atoms with Gasteiger partial charge in [0, 0.05) is 19.6 Å². The Hall–Kier alpha value is -0.360. The molecule has 2 atom stereocenters. The summed E-state index contributed by atoms with van der Waals surface area (Å²) in [7, 11) is 0. The van der Waals surface area contributed by atoms with E-state index in [4.69, 9.17) is 9.47 Å². The number of carbonyl (C=O) groups excluding carboxylic acids is 2. The molecular weight excluding hydrogens is 224 g/mol. The van der Waals surface area contributed by atoms with Gasteiger partial charge in [-0.05, 0) is 0 Å². The van der Waals surface area contributed by atoms with E-state index in [0.717, 1.165) is 5.75 Å². The first-order valence-electron chi connectivity index (χ1n) is 4.15. The molecular formula is C8H12O4S2. The fourth-order valence-corrected chi connectivity index (χ4v) is 3.71. The fourth-order valence-electron chi connectivity index (χ4n) is 0.953. The number of hydrogen-bond acceptors (Lipinski definition) is 6. The van der Waals surface area contributed by atoms with Crippen molar-refractivity contribution in [1.29, 1.82) is 0 Å².